The molecule has 0 spiro atoms. The molecule has 0 N–H and O–H groups in total. The van der Waals surface area contributed by atoms with Crippen LogP contribution in [0.2, 0.25) is 0 Å². The van der Waals surface area contributed by atoms with Gasteiger partial charge in [0.25, 0.3) is 0 Å². The van der Waals surface area contributed by atoms with Gasteiger partial charge in [-0.1, -0.05) is 36.4 Å². The summed E-state index contributed by atoms with van der Waals surface area (Å²) in [6, 6.07) is 50.0. The van der Waals surface area contributed by atoms with Crippen LogP contribution in [0.3, 0.4) is 0 Å². The number of aldehydes is 4. The van der Waals surface area contributed by atoms with Crippen LogP contribution < -0.4 is 9.80 Å². The third-order valence-electron chi connectivity index (χ3n) is 9.44. The van der Waals surface area contributed by atoms with Crippen LogP contribution in [0.25, 0.3) is 33.3 Å². The first-order valence-electron chi connectivity index (χ1n) is 17.3. The molecule has 8 aromatic rings. The Labute approximate surface area is 320 Å². The van der Waals surface area contributed by atoms with Crippen LogP contribution in [-0.2, 0) is 0 Å². The van der Waals surface area contributed by atoms with Crippen molar-refractivity contribution in [1.29, 1.82) is 0 Å². The van der Waals surface area contributed by atoms with Gasteiger partial charge in [0.15, 0.2) is 0 Å². The van der Waals surface area contributed by atoms with Crippen molar-refractivity contribution >= 4 is 82.0 Å². The third kappa shape index (κ3) is 6.95. The molecular weight excluding hydrogens is 705 g/mol. The number of carbonyl (C=O) groups is 4. The summed E-state index contributed by atoms with van der Waals surface area (Å²) >= 11 is 1.17. The fraction of sp³-hybridized carbons (Fsp3) is 0. The lowest BCUT2D eigenvalue weighted by Crippen LogP contribution is -2.10. The lowest BCUT2D eigenvalue weighted by atomic mass is 9.97. The van der Waals surface area contributed by atoms with Gasteiger partial charge < -0.3 is 9.80 Å². The zero-order chi connectivity index (χ0) is 37.7. The SMILES string of the molecule is O=Cc1ccc(N(c2ccc(C=O)cc2)c2ccc(-c3ccc(-c4ccc(N(c5ccc(C=O)cc5)c5ccc(C=O)cc5)cc4)c4nsnc34)cc2)cc1. The molecule has 0 aliphatic rings. The predicted octanol–water partition coefficient (Wildman–Crippen LogP) is 11.2. The van der Waals surface area contributed by atoms with Crippen molar-refractivity contribution < 1.29 is 19.2 Å². The maximum atomic E-state index is 11.3. The highest BCUT2D eigenvalue weighted by Gasteiger charge is 2.18. The summed E-state index contributed by atoms with van der Waals surface area (Å²) in [5, 5.41) is 0. The molecular formula is C46H30N4O4S. The summed E-state index contributed by atoms with van der Waals surface area (Å²) in [6.45, 7) is 0. The number of benzene rings is 7. The van der Waals surface area contributed by atoms with Crippen LogP contribution in [0.4, 0.5) is 34.1 Å². The Balaban J connectivity index is 1.11. The summed E-state index contributed by atoms with van der Waals surface area (Å²) in [4.78, 5) is 49.5. The molecule has 0 unspecified atom stereocenters. The van der Waals surface area contributed by atoms with Crippen molar-refractivity contribution in [2.24, 2.45) is 0 Å². The van der Waals surface area contributed by atoms with E-state index in [-0.39, 0.29) is 0 Å². The van der Waals surface area contributed by atoms with E-state index in [1.54, 1.807) is 48.5 Å². The van der Waals surface area contributed by atoms with Crippen LogP contribution in [0.1, 0.15) is 41.4 Å². The minimum Gasteiger partial charge on any atom is -0.311 e. The number of anilines is 6. The highest BCUT2D eigenvalue weighted by molar-refractivity contribution is 7.00. The number of aromatic nitrogens is 2. The summed E-state index contributed by atoms with van der Waals surface area (Å²) < 4.78 is 9.45. The molecule has 8 rings (SSSR count). The molecule has 9 heteroatoms. The van der Waals surface area contributed by atoms with Crippen molar-refractivity contribution in [2.75, 3.05) is 9.80 Å². The van der Waals surface area contributed by atoms with E-state index >= 15 is 0 Å². The average Bonchev–Trinajstić information content (AvgIpc) is 3.76. The molecule has 0 saturated heterocycles. The zero-order valence-electron chi connectivity index (χ0n) is 29.2. The second-order valence-corrected chi connectivity index (χ2v) is 13.3. The van der Waals surface area contributed by atoms with E-state index in [2.05, 4.69) is 46.2 Å². The molecule has 55 heavy (non-hydrogen) atoms. The molecule has 1 aromatic heterocycles. The van der Waals surface area contributed by atoms with Gasteiger partial charge in [-0.3, -0.25) is 19.2 Å². The fourth-order valence-corrected chi connectivity index (χ4v) is 7.19. The standard InChI is InChI=1S/C46H30N4O4S/c51-27-31-1-13-37(14-2-31)49(38-15-3-32(28-52)4-16-38)41-21-9-35(10-22-41)43-25-26-44(46-45(43)47-55-48-46)36-11-23-42(24-12-36)50(39-17-5-33(29-53)6-18-39)40-19-7-34(30-54)8-20-40/h1-30H. The van der Waals surface area contributed by atoms with Crippen LogP contribution in [0, 0.1) is 0 Å². The second kappa shape index (κ2) is 15.3. The number of carbonyl (C=O) groups excluding carboxylic acids is 4. The van der Waals surface area contributed by atoms with Gasteiger partial charge in [-0.05, 0) is 132 Å². The molecule has 8 nitrogen and oxygen atoms in total. The van der Waals surface area contributed by atoms with E-state index < -0.39 is 0 Å². The third-order valence-corrected chi connectivity index (χ3v) is 9.97. The monoisotopic (exact) mass is 734 g/mol. The van der Waals surface area contributed by atoms with Gasteiger partial charge >= 0.3 is 0 Å². The highest BCUT2D eigenvalue weighted by atomic mass is 32.1. The van der Waals surface area contributed by atoms with Gasteiger partial charge in [0.1, 0.15) is 36.2 Å². The number of hydrogen-bond acceptors (Lipinski definition) is 9. The Morgan fingerprint density at radius 2 is 0.564 bits per heavy atom. The molecule has 0 radical (unpaired) electrons. The van der Waals surface area contributed by atoms with Crippen molar-refractivity contribution in [3.63, 3.8) is 0 Å². The summed E-state index contributed by atoms with van der Waals surface area (Å²) in [7, 11) is 0. The van der Waals surface area contributed by atoms with Gasteiger partial charge in [0, 0.05) is 67.5 Å². The van der Waals surface area contributed by atoms with Gasteiger partial charge in [-0.15, -0.1) is 0 Å². The molecule has 0 aliphatic heterocycles. The first kappa shape index (κ1) is 34.7. The van der Waals surface area contributed by atoms with Gasteiger partial charge in [0.05, 0.1) is 11.7 Å². The van der Waals surface area contributed by atoms with Gasteiger partial charge in [-0.25, -0.2) is 0 Å². The highest BCUT2D eigenvalue weighted by Crippen LogP contribution is 2.40. The smallest absolute Gasteiger partial charge is 0.150 e. The Hall–Kier alpha value is -7.36. The molecule has 7 aromatic carbocycles. The Bertz CT molecular complexity index is 2350. The van der Waals surface area contributed by atoms with E-state index in [0.29, 0.717) is 22.3 Å². The summed E-state index contributed by atoms with van der Waals surface area (Å²) in [6.07, 6.45) is 3.28. The first-order valence-corrected chi connectivity index (χ1v) is 18.1. The second-order valence-electron chi connectivity index (χ2n) is 12.7. The Morgan fingerprint density at radius 1 is 0.327 bits per heavy atom. The number of fused-ring (bicyclic) bond motifs is 1. The van der Waals surface area contributed by atoms with Gasteiger partial charge in [0.2, 0.25) is 0 Å². The van der Waals surface area contributed by atoms with E-state index in [1.807, 2.05) is 72.8 Å². The summed E-state index contributed by atoms with van der Waals surface area (Å²) in [5.41, 5.74) is 13.1. The number of nitrogens with zero attached hydrogens (tertiary/aromatic N) is 4. The van der Waals surface area contributed by atoms with Crippen molar-refractivity contribution in [1.82, 2.24) is 8.75 Å². The van der Waals surface area contributed by atoms with Crippen LogP contribution in [0.15, 0.2) is 158 Å². The first-order chi connectivity index (χ1) is 27.1. The number of rotatable bonds is 12. The number of hydrogen-bond donors (Lipinski definition) is 0. The molecule has 0 aliphatic carbocycles. The van der Waals surface area contributed by atoms with Crippen molar-refractivity contribution in [2.45, 2.75) is 0 Å². The minimum absolute atomic E-state index is 0.585. The van der Waals surface area contributed by atoms with Gasteiger partial charge in [-0.2, -0.15) is 8.75 Å². The topological polar surface area (TPSA) is 101 Å². The minimum atomic E-state index is 0.585. The Kier molecular flexibility index (Phi) is 9.67. The lowest BCUT2D eigenvalue weighted by molar-refractivity contribution is 0.111. The zero-order valence-corrected chi connectivity index (χ0v) is 30.0. The molecule has 264 valence electrons. The average molecular weight is 735 g/mol. The van der Waals surface area contributed by atoms with E-state index in [1.165, 1.54) is 11.7 Å². The van der Waals surface area contributed by atoms with Crippen molar-refractivity contribution in [3.8, 4) is 22.3 Å². The van der Waals surface area contributed by atoms with E-state index in [9.17, 15) is 19.2 Å². The van der Waals surface area contributed by atoms with Crippen LogP contribution in [0.5, 0.6) is 0 Å². The van der Waals surface area contributed by atoms with Crippen LogP contribution in [-0.4, -0.2) is 33.9 Å². The maximum absolute atomic E-state index is 11.3. The summed E-state index contributed by atoms with van der Waals surface area (Å²) in [5.74, 6) is 0. The molecule has 0 fully saturated rings. The van der Waals surface area contributed by atoms with E-state index in [0.717, 1.165) is 92.6 Å². The molecule has 1 heterocycles. The molecule has 0 amide bonds. The maximum Gasteiger partial charge on any atom is 0.150 e. The fourth-order valence-electron chi connectivity index (χ4n) is 6.61. The normalized spacial score (nSPS) is 10.8. The lowest BCUT2D eigenvalue weighted by Gasteiger charge is -2.26. The molecule has 0 saturated carbocycles. The van der Waals surface area contributed by atoms with Crippen LogP contribution >= 0.6 is 11.7 Å². The largest absolute Gasteiger partial charge is 0.311 e. The van der Waals surface area contributed by atoms with E-state index in [4.69, 9.17) is 8.75 Å². The van der Waals surface area contributed by atoms with Crippen molar-refractivity contribution in [3.05, 3.63) is 180 Å². The Morgan fingerprint density at radius 3 is 0.800 bits per heavy atom. The predicted molar refractivity (Wildman–Crippen MR) is 219 cm³/mol. The quantitative estimate of drug-likeness (QED) is 0.114. The molecule has 0 bridgehead atoms. The molecule has 0 atom stereocenters.